The van der Waals surface area contributed by atoms with Gasteiger partial charge in [0.2, 0.25) is 0 Å². The Balaban J connectivity index is 1.83. The number of ketones is 1. The molecule has 1 atom stereocenters. The number of benzene rings is 2. The normalized spacial score (nSPS) is 17.1. The number of carbonyl (C=O) groups is 2. The third-order valence-corrected chi connectivity index (χ3v) is 5.63. The van der Waals surface area contributed by atoms with Crippen molar-refractivity contribution in [3.63, 3.8) is 0 Å². The highest BCUT2D eigenvalue weighted by molar-refractivity contribution is 6.46. The van der Waals surface area contributed by atoms with Gasteiger partial charge in [-0.2, -0.15) is 0 Å². The number of ether oxygens (including phenoxy) is 2. The molecule has 3 aromatic rings. The summed E-state index contributed by atoms with van der Waals surface area (Å²) in [6.07, 6.45) is 4.15. The molecule has 0 radical (unpaired) electrons. The predicted octanol–water partition coefficient (Wildman–Crippen LogP) is 4.50. The van der Waals surface area contributed by atoms with Crippen LogP contribution in [0.3, 0.4) is 0 Å². The van der Waals surface area contributed by atoms with Gasteiger partial charge in [-0.05, 0) is 60.0 Å². The minimum Gasteiger partial charge on any atom is -0.507 e. The van der Waals surface area contributed by atoms with E-state index in [0.29, 0.717) is 29.2 Å². The van der Waals surface area contributed by atoms with Crippen LogP contribution in [0.25, 0.3) is 5.76 Å². The Morgan fingerprint density at radius 2 is 1.85 bits per heavy atom. The second-order valence-corrected chi connectivity index (χ2v) is 7.94. The Bertz CT molecular complexity index is 1210. The molecule has 1 amide bonds. The first-order valence-electron chi connectivity index (χ1n) is 11.1. The van der Waals surface area contributed by atoms with Crippen LogP contribution in [-0.4, -0.2) is 40.4 Å². The molecular formula is C27H26N2O5. The third-order valence-electron chi connectivity index (χ3n) is 5.63. The van der Waals surface area contributed by atoms with Gasteiger partial charge in [-0.3, -0.25) is 14.6 Å². The minimum atomic E-state index is -0.785. The number of likely N-dealkylation sites (tertiary alicyclic amines) is 1. The third kappa shape index (κ3) is 4.64. The van der Waals surface area contributed by atoms with Gasteiger partial charge < -0.3 is 19.5 Å². The average molecular weight is 459 g/mol. The maximum Gasteiger partial charge on any atom is 0.295 e. The monoisotopic (exact) mass is 458 g/mol. The van der Waals surface area contributed by atoms with Gasteiger partial charge in [0, 0.05) is 24.5 Å². The smallest absolute Gasteiger partial charge is 0.295 e. The zero-order valence-electron chi connectivity index (χ0n) is 19.1. The van der Waals surface area contributed by atoms with Crippen molar-refractivity contribution in [2.24, 2.45) is 0 Å². The summed E-state index contributed by atoms with van der Waals surface area (Å²) in [5.41, 5.74) is 1.90. The van der Waals surface area contributed by atoms with Gasteiger partial charge in [0.05, 0.1) is 25.3 Å². The summed E-state index contributed by atoms with van der Waals surface area (Å²) in [6.45, 7) is 2.73. The Morgan fingerprint density at radius 3 is 2.53 bits per heavy atom. The van der Waals surface area contributed by atoms with Crippen LogP contribution in [0, 0.1) is 0 Å². The summed E-state index contributed by atoms with van der Waals surface area (Å²) in [7, 11) is 1.55. The van der Waals surface area contributed by atoms with Crippen molar-refractivity contribution in [1.82, 2.24) is 9.88 Å². The molecule has 1 N–H and O–H groups in total. The van der Waals surface area contributed by atoms with Crippen molar-refractivity contribution in [1.29, 1.82) is 0 Å². The molecule has 174 valence electrons. The van der Waals surface area contributed by atoms with Gasteiger partial charge in [-0.15, -0.1) is 0 Å². The number of hydrogen-bond acceptors (Lipinski definition) is 6. The lowest BCUT2D eigenvalue weighted by Gasteiger charge is -2.25. The molecule has 7 heteroatoms. The van der Waals surface area contributed by atoms with E-state index in [4.69, 9.17) is 9.47 Å². The highest BCUT2D eigenvalue weighted by Gasteiger charge is 2.46. The van der Waals surface area contributed by atoms with E-state index in [0.717, 1.165) is 12.0 Å². The Labute approximate surface area is 198 Å². The molecule has 0 unspecified atom stereocenters. The first kappa shape index (κ1) is 23.0. The molecule has 2 aromatic carbocycles. The molecule has 2 heterocycles. The fourth-order valence-electron chi connectivity index (χ4n) is 3.98. The van der Waals surface area contributed by atoms with E-state index in [1.54, 1.807) is 49.8 Å². The van der Waals surface area contributed by atoms with Crippen LogP contribution in [0.5, 0.6) is 11.5 Å². The summed E-state index contributed by atoms with van der Waals surface area (Å²) in [5.74, 6) is -0.396. The lowest BCUT2D eigenvalue weighted by atomic mass is 9.95. The first-order valence-corrected chi connectivity index (χ1v) is 11.1. The molecule has 1 aromatic heterocycles. The first-order chi connectivity index (χ1) is 16.5. The standard InChI is InChI=1S/C27H26N2O5/c1-3-14-34-22-8-4-7-20(15-22)24-23(25(30)19-9-11-21(33-2)12-10-19)26(31)27(32)29(24)17-18-6-5-13-28-16-18/h4-13,15-16,24,30H,3,14,17H2,1-2H3/b25-23+/t24-/m1/s1. The van der Waals surface area contributed by atoms with Gasteiger partial charge in [0.15, 0.2) is 0 Å². The fraction of sp³-hybridized carbons (Fsp3) is 0.222. The van der Waals surface area contributed by atoms with Crippen LogP contribution >= 0.6 is 0 Å². The second-order valence-electron chi connectivity index (χ2n) is 7.94. The molecule has 34 heavy (non-hydrogen) atoms. The lowest BCUT2D eigenvalue weighted by molar-refractivity contribution is -0.140. The molecule has 7 nitrogen and oxygen atoms in total. The van der Waals surface area contributed by atoms with Crippen molar-refractivity contribution >= 4 is 17.4 Å². The van der Waals surface area contributed by atoms with Crippen LogP contribution in [0.4, 0.5) is 0 Å². The maximum absolute atomic E-state index is 13.2. The summed E-state index contributed by atoms with van der Waals surface area (Å²) in [4.78, 5) is 31.9. The number of nitrogens with zero attached hydrogens (tertiary/aromatic N) is 2. The second kappa shape index (κ2) is 10.2. The summed E-state index contributed by atoms with van der Waals surface area (Å²) in [6, 6.07) is 16.8. The van der Waals surface area contributed by atoms with Crippen LogP contribution in [0.1, 0.15) is 36.1 Å². The number of aliphatic hydroxyl groups excluding tert-OH is 1. The average Bonchev–Trinajstić information content (AvgIpc) is 3.13. The largest absolute Gasteiger partial charge is 0.507 e. The summed E-state index contributed by atoms with van der Waals surface area (Å²) >= 11 is 0. The molecule has 1 aliphatic rings. The Kier molecular flexibility index (Phi) is 6.92. The molecule has 1 aliphatic heterocycles. The van der Waals surface area contributed by atoms with Crippen LogP contribution in [-0.2, 0) is 16.1 Å². The number of aliphatic hydroxyl groups is 1. The highest BCUT2D eigenvalue weighted by atomic mass is 16.5. The molecule has 0 spiro atoms. The van der Waals surface area contributed by atoms with E-state index >= 15 is 0 Å². The summed E-state index contributed by atoms with van der Waals surface area (Å²) < 4.78 is 11.0. The van der Waals surface area contributed by atoms with Gasteiger partial charge in [0.1, 0.15) is 17.3 Å². The van der Waals surface area contributed by atoms with Crippen molar-refractivity contribution in [2.75, 3.05) is 13.7 Å². The number of hydrogen-bond donors (Lipinski definition) is 1. The molecule has 0 bridgehead atoms. The zero-order valence-corrected chi connectivity index (χ0v) is 19.1. The topological polar surface area (TPSA) is 89.0 Å². The molecule has 0 aliphatic carbocycles. The minimum absolute atomic E-state index is 0.0340. The maximum atomic E-state index is 13.2. The van der Waals surface area contributed by atoms with Gasteiger partial charge in [0.25, 0.3) is 11.7 Å². The zero-order chi connectivity index (χ0) is 24.1. The van der Waals surface area contributed by atoms with E-state index in [9.17, 15) is 14.7 Å². The Morgan fingerprint density at radius 1 is 1.06 bits per heavy atom. The molecule has 4 rings (SSSR count). The SMILES string of the molecule is CCCOc1cccc([C@@H]2/C(=C(\O)c3ccc(OC)cc3)C(=O)C(=O)N2Cc2cccnc2)c1. The van der Waals surface area contributed by atoms with Crippen LogP contribution in [0.15, 0.2) is 78.6 Å². The van der Waals surface area contributed by atoms with E-state index in [1.165, 1.54) is 4.90 Å². The van der Waals surface area contributed by atoms with E-state index in [-0.39, 0.29) is 17.9 Å². The van der Waals surface area contributed by atoms with Crippen molar-refractivity contribution < 1.29 is 24.2 Å². The number of carbonyl (C=O) groups excluding carboxylic acids is 2. The van der Waals surface area contributed by atoms with E-state index in [2.05, 4.69) is 4.98 Å². The van der Waals surface area contributed by atoms with Gasteiger partial charge in [-0.25, -0.2) is 0 Å². The van der Waals surface area contributed by atoms with Crippen molar-refractivity contribution in [3.05, 3.63) is 95.3 Å². The van der Waals surface area contributed by atoms with E-state index in [1.807, 2.05) is 37.3 Å². The highest BCUT2D eigenvalue weighted by Crippen LogP contribution is 2.41. The van der Waals surface area contributed by atoms with Crippen molar-refractivity contribution in [2.45, 2.75) is 25.9 Å². The number of aromatic nitrogens is 1. The number of rotatable bonds is 8. The number of Topliss-reactive ketones (excluding diaryl/α,β-unsaturated/α-hetero) is 1. The van der Waals surface area contributed by atoms with Crippen LogP contribution < -0.4 is 9.47 Å². The predicted molar refractivity (Wildman–Crippen MR) is 127 cm³/mol. The van der Waals surface area contributed by atoms with Crippen LogP contribution in [0.2, 0.25) is 0 Å². The number of methoxy groups -OCH3 is 1. The fourth-order valence-corrected chi connectivity index (χ4v) is 3.98. The van der Waals surface area contributed by atoms with Crippen molar-refractivity contribution in [3.8, 4) is 11.5 Å². The van der Waals surface area contributed by atoms with Gasteiger partial charge in [-0.1, -0.05) is 25.1 Å². The Hall–Kier alpha value is -4.13. The van der Waals surface area contributed by atoms with E-state index < -0.39 is 17.7 Å². The quantitative estimate of drug-likeness (QED) is 0.304. The summed E-state index contributed by atoms with van der Waals surface area (Å²) in [5, 5.41) is 11.2. The number of pyridine rings is 1. The molecular weight excluding hydrogens is 432 g/mol. The lowest BCUT2D eigenvalue weighted by Crippen LogP contribution is -2.29. The molecule has 0 saturated carbocycles. The number of amides is 1. The molecule has 1 saturated heterocycles. The molecule has 1 fully saturated rings. The van der Waals surface area contributed by atoms with Gasteiger partial charge >= 0.3 is 0 Å².